The van der Waals surface area contributed by atoms with Crippen molar-refractivity contribution >= 4 is 0 Å². The predicted octanol–water partition coefficient (Wildman–Crippen LogP) is -0.373. The molecule has 1 saturated heterocycles. The third kappa shape index (κ3) is 1.51. The molecule has 2 atom stereocenters. The lowest BCUT2D eigenvalue weighted by molar-refractivity contribution is 0.555. The van der Waals surface area contributed by atoms with Crippen LogP contribution in [0, 0.1) is 11.3 Å². The fourth-order valence-corrected chi connectivity index (χ4v) is 1.32. The van der Waals surface area contributed by atoms with Crippen LogP contribution in [0.25, 0.3) is 0 Å². The third-order valence-corrected chi connectivity index (χ3v) is 1.99. The van der Waals surface area contributed by atoms with Gasteiger partial charge in [-0.25, -0.2) is 10.9 Å². The highest BCUT2D eigenvalue weighted by Gasteiger charge is 2.27. The van der Waals surface area contributed by atoms with Crippen LogP contribution in [-0.4, -0.2) is 11.0 Å². The van der Waals surface area contributed by atoms with Gasteiger partial charge in [0.1, 0.15) is 6.04 Å². The molecule has 5 heteroatoms. The normalized spacial score (nSPS) is 27.0. The van der Waals surface area contributed by atoms with Gasteiger partial charge >= 0.3 is 0 Å². The molecule has 13 heavy (non-hydrogen) atoms. The quantitative estimate of drug-likeness (QED) is 0.543. The SMILES string of the molecule is N#CC1NNNC1c1ccncc1. The van der Waals surface area contributed by atoms with E-state index in [9.17, 15) is 0 Å². The van der Waals surface area contributed by atoms with Crippen LogP contribution in [0.15, 0.2) is 24.5 Å². The molecule has 0 aromatic carbocycles. The van der Waals surface area contributed by atoms with Gasteiger partial charge in [-0.2, -0.15) is 10.8 Å². The zero-order valence-corrected chi connectivity index (χ0v) is 6.86. The Morgan fingerprint density at radius 3 is 2.77 bits per heavy atom. The van der Waals surface area contributed by atoms with Gasteiger partial charge in [0.05, 0.1) is 12.1 Å². The maximum absolute atomic E-state index is 8.79. The maximum atomic E-state index is 8.79. The minimum atomic E-state index is -0.248. The van der Waals surface area contributed by atoms with Crippen LogP contribution in [0.1, 0.15) is 11.6 Å². The fraction of sp³-hybridized carbons (Fsp3) is 0.250. The number of hydrogen-bond acceptors (Lipinski definition) is 5. The molecule has 66 valence electrons. The van der Waals surface area contributed by atoms with E-state index in [1.54, 1.807) is 12.4 Å². The summed E-state index contributed by atoms with van der Waals surface area (Å²) in [4.78, 5) is 3.92. The fourth-order valence-electron chi connectivity index (χ4n) is 1.32. The Bertz CT molecular complexity index is 317. The largest absolute Gasteiger partial charge is 0.265 e. The van der Waals surface area contributed by atoms with E-state index in [2.05, 4.69) is 27.4 Å². The number of nitrogens with one attached hydrogen (secondary N) is 3. The molecule has 5 nitrogen and oxygen atoms in total. The molecule has 2 unspecified atom stereocenters. The molecule has 0 spiro atoms. The van der Waals surface area contributed by atoms with Crippen molar-refractivity contribution in [2.75, 3.05) is 0 Å². The molecule has 0 bridgehead atoms. The van der Waals surface area contributed by atoms with Gasteiger partial charge in [-0.1, -0.05) is 0 Å². The molecule has 0 amide bonds. The molecule has 1 aliphatic heterocycles. The first-order chi connectivity index (χ1) is 6.42. The lowest BCUT2D eigenvalue weighted by Gasteiger charge is -2.10. The number of rotatable bonds is 1. The topological polar surface area (TPSA) is 72.8 Å². The smallest absolute Gasteiger partial charge is 0.130 e. The van der Waals surface area contributed by atoms with Crippen molar-refractivity contribution in [3.63, 3.8) is 0 Å². The summed E-state index contributed by atoms with van der Waals surface area (Å²) in [6.45, 7) is 0. The summed E-state index contributed by atoms with van der Waals surface area (Å²) in [6.07, 6.45) is 3.42. The number of hydrogen-bond donors (Lipinski definition) is 3. The van der Waals surface area contributed by atoms with Crippen LogP contribution in [0.3, 0.4) is 0 Å². The molecule has 3 N–H and O–H groups in total. The van der Waals surface area contributed by atoms with E-state index in [0.29, 0.717) is 0 Å². The van der Waals surface area contributed by atoms with Gasteiger partial charge in [0, 0.05) is 12.4 Å². The summed E-state index contributed by atoms with van der Waals surface area (Å²) in [5.41, 5.74) is 9.54. The highest BCUT2D eigenvalue weighted by molar-refractivity contribution is 5.21. The Labute approximate surface area is 75.7 Å². The molecule has 0 aliphatic carbocycles. The van der Waals surface area contributed by atoms with Gasteiger partial charge in [0.2, 0.25) is 0 Å². The second-order valence-corrected chi connectivity index (χ2v) is 2.78. The zero-order chi connectivity index (χ0) is 9.10. The molecule has 1 aromatic heterocycles. The molecule has 0 radical (unpaired) electrons. The van der Waals surface area contributed by atoms with Crippen molar-refractivity contribution < 1.29 is 0 Å². The number of nitrogens with zero attached hydrogens (tertiary/aromatic N) is 2. The Balaban J connectivity index is 2.22. The van der Waals surface area contributed by atoms with Crippen molar-refractivity contribution in [3.05, 3.63) is 30.1 Å². The second kappa shape index (κ2) is 3.49. The number of aromatic nitrogens is 1. The van der Waals surface area contributed by atoms with Crippen molar-refractivity contribution in [2.45, 2.75) is 12.1 Å². The maximum Gasteiger partial charge on any atom is 0.130 e. The average molecular weight is 175 g/mol. The van der Waals surface area contributed by atoms with Crippen LogP contribution < -0.4 is 16.4 Å². The first-order valence-corrected chi connectivity index (χ1v) is 3.97. The van der Waals surface area contributed by atoms with Crippen LogP contribution >= 0.6 is 0 Å². The molecule has 1 aliphatic rings. The zero-order valence-electron chi connectivity index (χ0n) is 6.86. The van der Waals surface area contributed by atoms with Gasteiger partial charge in [-0.15, -0.1) is 0 Å². The van der Waals surface area contributed by atoms with Crippen LogP contribution in [0.2, 0.25) is 0 Å². The van der Waals surface area contributed by atoms with E-state index in [1.807, 2.05) is 12.1 Å². The van der Waals surface area contributed by atoms with E-state index in [1.165, 1.54) is 0 Å². The molecule has 0 saturated carbocycles. The summed E-state index contributed by atoms with van der Waals surface area (Å²) in [5.74, 6) is 0. The third-order valence-electron chi connectivity index (χ3n) is 1.99. The van der Waals surface area contributed by atoms with Gasteiger partial charge < -0.3 is 0 Å². The van der Waals surface area contributed by atoms with E-state index in [-0.39, 0.29) is 12.1 Å². The Morgan fingerprint density at radius 1 is 1.31 bits per heavy atom. The molecular weight excluding hydrogens is 166 g/mol. The number of hydrazine groups is 2. The Morgan fingerprint density at radius 2 is 2.08 bits per heavy atom. The standard InChI is InChI=1S/C8H9N5/c9-5-7-8(12-13-11-7)6-1-3-10-4-2-6/h1-4,7-8,11-13H. The predicted molar refractivity (Wildman–Crippen MR) is 45.8 cm³/mol. The van der Waals surface area contributed by atoms with Crippen molar-refractivity contribution in [2.24, 2.45) is 0 Å². The summed E-state index contributed by atoms with van der Waals surface area (Å²) in [7, 11) is 0. The molecular formula is C8H9N5. The summed E-state index contributed by atoms with van der Waals surface area (Å²) in [5, 5.41) is 8.79. The van der Waals surface area contributed by atoms with Crippen molar-refractivity contribution in [1.82, 2.24) is 21.4 Å². The molecule has 1 aromatic rings. The number of nitriles is 1. The average Bonchev–Trinajstić information content (AvgIpc) is 2.67. The molecule has 2 rings (SSSR count). The van der Waals surface area contributed by atoms with Crippen molar-refractivity contribution in [1.29, 1.82) is 5.26 Å². The van der Waals surface area contributed by atoms with E-state index >= 15 is 0 Å². The van der Waals surface area contributed by atoms with E-state index in [0.717, 1.165) is 5.56 Å². The highest BCUT2D eigenvalue weighted by atomic mass is 15.7. The van der Waals surface area contributed by atoms with Crippen molar-refractivity contribution in [3.8, 4) is 6.07 Å². The summed E-state index contributed by atoms with van der Waals surface area (Å²) >= 11 is 0. The summed E-state index contributed by atoms with van der Waals surface area (Å²) in [6, 6.07) is 5.66. The lowest BCUT2D eigenvalue weighted by atomic mass is 10.0. The van der Waals surface area contributed by atoms with Gasteiger partial charge in [0.15, 0.2) is 0 Å². The Hall–Kier alpha value is -1.48. The Kier molecular flexibility index (Phi) is 2.19. The van der Waals surface area contributed by atoms with Gasteiger partial charge in [0.25, 0.3) is 0 Å². The van der Waals surface area contributed by atoms with Crippen LogP contribution in [0.4, 0.5) is 0 Å². The molecule has 1 fully saturated rings. The monoisotopic (exact) mass is 175 g/mol. The minimum Gasteiger partial charge on any atom is -0.265 e. The molecule has 2 heterocycles. The minimum absolute atomic E-state index is 0.0204. The van der Waals surface area contributed by atoms with Crippen LogP contribution in [-0.2, 0) is 0 Å². The highest BCUT2D eigenvalue weighted by Crippen LogP contribution is 2.16. The van der Waals surface area contributed by atoms with Gasteiger partial charge in [-0.3, -0.25) is 4.98 Å². The summed E-state index contributed by atoms with van der Waals surface area (Å²) < 4.78 is 0. The second-order valence-electron chi connectivity index (χ2n) is 2.78. The van der Waals surface area contributed by atoms with E-state index in [4.69, 9.17) is 5.26 Å². The first-order valence-electron chi connectivity index (χ1n) is 3.97. The first kappa shape index (κ1) is 8.13. The lowest BCUT2D eigenvalue weighted by Crippen LogP contribution is -2.32. The van der Waals surface area contributed by atoms with Crippen LogP contribution in [0.5, 0.6) is 0 Å². The number of pyridine rings is 1. The van der Waals surface area contributed by atoms with Gasteiger partial charge in [-0.05, 0) is 17.7 Å². The van der Waals surface area contributed by atoms with E-state index < -0.39 is 0 Å².